The van der Waals surface area contributed by atoms with E-state index in [1.807, 2.05) is 6.92 Å². The third-order valence-corrected chi connectivity index (χ3v) is 2.32. The summed E-state index contributed by atoms with van der Waals surface area (Å²) in [4.78, 5) is 17.4. The molecule has 0 unspecified atom stereocenters. The molecule has 4 heteroatoms. The number of hydrogen-bond acceptors (Lipinski definition) is 3. The van der Waals surface area contributed by atoms with Crippen LogP contribution in [0.2, 0.25) is 0 Å². The van der Waals surface area contributed by atoms with Crippen molar-refractivity contribution in [2.45, 2.75) is 12.5 Å². The van der Waals surface area contributed by atoms with Crippen molar-refractivity contribution in [3.63, 3.8) is 0 Å². The van der Waals surface area contributed by atoms with Crippen molar-refractivity contribution >= 4 is 5.91 Å². The van der Waals surface area contributed by atoms with Crippen LogP contribution in [0.4, 0.5) is 0 Å². The molecule has 1 aromatic heterocycles. The molecule has 14 heavy (non-hydrogen) atoms. The van der Waals surface area contributed by atoms with Gasteiger partial charge in [0.1, 0.15) is 0 Å². The van der Waals surface area contributed by atoms with E-state index in [9.17, 15) is 4.79 Å². The van der Waals surface area contributed by atoms with Gasteiger partial charge in [0, 0.05) is 36.6 Å². The van der Waals surface area contributed by atoms with Crippen LogP contribution < -0.4 is 5.73 Å². The van der Waals surface area contributed by atoms with Crippen LogP contribution in [0.25, 0.3) is 0 Å². The van der Waals surface area contributed by atoms with Crippen LogP contribution in [0, 0.1) is 0 Å². The Bertz CT molecular complexity index is 340. The van der Waals surface area contributed by atoms with Crippen LogP contribution in [0.5, 0.6) is 0 Å². The van der Waals surface area contributed by atoms with E-state index in [4.69, 9.17) is 5.73 Å². The van der Waals surface area contributed by atoms with Gasteiger partial charge < -0.3 is 10.6 Å². The number of rotatable bonds is 1. The second kappa shape index (κ2) is 3.06. The highest BCUT2D eigenvalue weighted by atomic mass is 16.2. The van der Waals surface area contributed by atoms with Crippen LogP contribution in [0.15, 0.2) is 24.5 Å². The Morgan fingerprint density at radius 1 is 1.50 bits per heavy atom. The van der Waals surface area contributed by atoms with Crippen LogP contribution in [-0.2, 0) is 0 Å². The van der Waals surface area contributed by atoms with Gasteiger partial charge in [-0.15, -0.1) is 0 Å². The Kier molecular flexibility index (Phi) is 2.00. The quantitative estimate of drug-likeness (QED) is 0.692. The Balaban J connectivity index is 2.05. The van der Waals surface area contributed by atoms with Crippen LogP contribution in [0.3, 0.4) is 0 Å². The molecule has 0 spiro atoms. The van der Waals surface area contributed by atoms with Gasteiger partial charge in [0.2, 0.25) is 0 Å². The summed E-state index contributed by atoms with van der Waals surface area (Å²) < 4.78 is 0. The zero-order valence-electron chi connectivity index (χ0n) is 8.10. The molecule has 0 radical (unpaired) electrons. The highest BCUT2D eigenvalue weighted by Crippen LogP contribution is 2.19. The summed E-state index contributed by atoms with van der Waals surface area (Å²) in [6.45, 7) is 3.21. The molecular weight excluding hydrogens is 178 g/mol. The highest BCUT2D eigenvalue weighted by molar-refractivity contribution is 5.94. The predicted octanol–water partition coefficient (Wildman–Crippen LogP) is 0.255. The van der Waals surface area contributed by atoms with Gasteiger partial charge >= 0.3 is 0 Å². The number of hydrogen-bond donors (Lipinski definition) is 1. The lowest BCUT2D eigenvalue weighted by Crippen LogP contribution is -2.66. The molecule has 1 aliphatic rings. The summed E-state index contributed by atoms with van der Waals surface area (Å²) >= 11 is 0. The van der Waals surface area contributed by atoms with Crippen molar-refractivity contribution in [2.24, 2.45) is 5.73 Å². The average Bonchev–Trinajstić information content (AvgIpc) is 2.14. The molecule has 0 saturated carbocycles. The minimum atomic E-state index is -0.206. The third kappa shape index (κ3) is 1.61. The topological polar surface area (TPSA) is 59.2 Å². The normalized spacial score (nSPS) is 18.9. The van der Waals surface area contributed by atoms with Crippen molar-refractivity contribution in [2.75, 3.05) is 13.1 Å². The Morgan fingerprint density at radius 2 is 2.07 bits per heavy atom. The minimum Gasteiger partial charge on any atom is -0.335 e. The van der Waals surface area contributed by atoms with E-state index < -0.39 is 0 Å². The van der Waals surface area contributed by atoms with Gasteiger partial charge in [0.05, 0.1) is 0 Å². The SMILES string of the molecule is CC1(N)CN(C(=O)c2ccncc2)C1. The van der Waals surface area contributed by atoms with Crippen LogP contribution in [0.1, 0.15) is 17.3 Å². The number of nitrogens with two attached hydrogens (primary N) is 1. The first-order valence-corrected chi connectivity index (χ1v) is 4.57. The summed E-state index contributed by atoms with van der Waals surface area (Å²) in [5, 5.41) is 0. The number of nitrogens with zero attached hydrogens (tertiary/aromatic N) is 2. The van der Waals surface area contributed by atoms with Crippen LogP contribution >= 0.6 is 0 Å². The van der Waals surface area contributed by atoms with Gasteiger partial charge in [-0.1, -0.05) is 0 Å². The summed E-state index contributed by atoms with van der Waals surface area (Å²) in [5.74, 6) is 0.0373. The van der Waals surface area contributed by atoms with Crippen molar-refractivity contribution in [3.05, 3.63) is 30.1 Å². The number of aromatic nitrogens is 1. The lowest BCUT2D eigenvalue weighted by Gasteiger charge is -2.45. The maximum absolute atomic E-state index is 11.8. The molecule has 2 N–H and O–H groups in total. The number of carbonyl (C=O) groups is 1. The van der Waals surface area contributed by atoms with Gasteiger partial charge in [-0.3, -0.25) is 9.78 Å². The van der Waals surface area contributed by atoms with Crippen molar-refractivity contribution < 1.29 is 4.79 Å². The summed E-state index contributed by atoms with van der Waals surface area (Å²) in [7, 11) is 0. The fourth-order valence-electron chi connectivity index (χ4n) is 1.65. The Morgan fingerprint density at radius 3 is 2.57 bits per heavy atom. The largest absolute Gasteiger partial charge is 0.335 e. The summed E-state index contributed by atoms with van der Waals surface area (Å²) in [6, 6.07) is 3.43. The Hall–Kier alpha value is -1.42. The third-order valence-electron chi connectivity index (χ3n) is 2.32. The fourth-order valence-corrected chi connectivity index (χ4v) is 1.65. The smallest absolute Gasteiger partial charge is 0.254 e. The van der Waals surface area contributed by atoms with E-state index in [1.54, 1.807) is 29.4 Å². The zero-order valence-corrected chi connectivity index (χ0v) is 8.10. The molecule has 1 amide bonds. The van der Waals surface area contributed by atoms with Crippen LogP contribution in [-0.4, -0.2) is 34.4 Å². The summed E-state index contributed by atoms with van der Waals surface area (Å²) in [6.07, 6.45) is 3.24. The molecule has 4 nitrogen and oxygen atoms in total. The first kappa shape index (κ1) is 9.15. The molecular formula is C10H13N3O. The second-order valence-electron chi connectivity index (χ2n) is 4.05. The lowest BCUT2D eigenvalue weighted by molar-refractivity contribution is 0.0453. The highest BCUT2D eigenvalue weighted by Gasteiger charge is 2.37. The number of carbonyl (C=O) groups excluding carboxylic acids is 1. The maximum Gasteiger partial charge on any atom is 0.254 e. The van der Waals surface area contributed by atoms with Crippen molar-refractivity contribution in [3.8, 4) is 0 Å². The number of amides is 1. The van der Waals surface area contributed by atoms with Gasteiger partial charge in [0.15, 0.2) is 0 Å². The maximum atomic E-state index is 11.8. The molecule has 2 rings (SSSR count). The van der Waals surface area contributed by atoms with E-state index in [2.05, 4.69) is 4.98 Å². The standard InChI is InChI=1S/C10H13N3O/c1-10(11)6-13(7-10)9(14)8-2-4-12-5-3-8/h2-5H,6-7,11H2,1H3. The number of pyridine rings is 1. The monoisotopic (exact) mass is 191 g/mol. The van der Waals surface area contributed by atoms with Crippen molar-refractivity contribution in [1.82, 2.24) is 9.88 Å². The molecule has 2 heterocycles. The fraction of sp³-hybridized carbons (Fsp3) is 0.400. The predicted molar refractivity (Wildman–Crippen MR) is 52.7 cm³/mol. The van der Waals surface area contributed by atoms with Gasteiger partial charge in [0.25, 0.3) is 5.91 Å². The molecule has 74 valence electrons. The van der Waals surface area contributed by atoms with E-state index >= 15 is 0 Å². The van der Waals surface area contributed by atoms with Gasteiger partial charge in [-0.05, 0) is 19.1 Å². The van der Waals surface area contributed by atoms with Crippen molar-refractivity contribution in [1.29, 1.82) is 0 Å². The van der Waals surface area contributed by atoms with E-state index in [-0.39, 0.29) is 11.4 Å². The molecule has 0 aromatic carbocycles. The molecule has 0 atom stereocenters. The lowest BCUT2D eigenvalue weighted by atomic mass is 9.93. The van der Waals surface area contributed by atoms with E-state index in [0.717, 1.165) is 0 Å². The first-order valence-electron chi connectivity index (χ1n) is 4.57. The van der Waals surface area contributed by atoms with E-state index in [1.165, 1.54) is 0 Å². The van der Waals surface area contributed by atoms with Gasteiger partial charge in [-0.2, -0.15) is 0 Å². The molecule has 0 aliphatic carbocycles. The molecule has 1 saturated heterocycles. The average molecular weight is 191 g/mol. The first-order chi connectivity index (χ1) is 6.58. The Labute approximate surface area is 82.7 Å². The summed E-state index contributed by atoms with van der Waals surface area (Å²) in [5.41, 5.74) is 6.29. The molecule has 1 fully saturated rings. The zero-order chi connectivity index (χ0) is 10.2. The van der Waals surface area contributed by atoms with Gasteiger partial charge in [-0.25, -0.2) is 0 Å². The second-order valence-corrected chi connectivity index (χ2v) is 4.05. The number of likely N-dealkylation sites (tertiary alicyclic amines) is 1. The minimum absolute atomic E-state index is 0.0373. The molecule has 0 bridgehead atoms. The molecule has 1 aliphatic heterocycles. The molecule has 1 aromatic rings. The van der Waals surface area contributed by atoms with E-state index in [0.29, 0.717) is 18.7 Å².